The highest BCUT2D eigenvalue weighted by Crippen LogP contribution is 2.32. The van der Waals surface area contributed by atoms with E-state index in [2.05, 4.69) is 10.3 Å². The fraction of sp³-hybridized carbons (Fsp3) is 0.217. The summed E-state index contributed by atoms with van der Waals surface area (Å²) in [5.74, 6) is -0.449. The second kappa shape index (κ2) is 10.3. The average molecular weight is 486 g/mol. The number of amides is 3. The molecule has 0 atom stereocenters. The predicted molar refractivity (Wildman–Crippen MR) is 130 cm³/mol. The summed E-state index contributed by atoms with van der Waals surface area (Å²) in [6, 6.07) is 15.0. The van der Waals surface area contributed by atoms with E-state index < -0.39 is 0 Å². The molecule has 0 radical (unpaired) electrons. The molecule has 164 valence electrons. The van der Waals surface area contributed by atoms with Gasteiger partial charge in [-0.25, -0.2) is 4.98 Å². The Morgan fingerprint density at radius 3 is 2.69 bits per heavy atom. The number of thiazole rings is 1. The van der Waals surface area contributed by atoms with Gasteiger partial charge in [-0.2, -0.15) is 0 Å². The molecular weight excluding hydrogens is 466 g/mol. The van der Waals surface area contributed by atoms with Gasteiger partial charge in [0.05, 0.1) is 20.1 Å². The van der Waals surface area contributed by atoms with Gasteiger partial charge in [-0.05, 0) is 60.5 Å². The van der Waals surface area contributed by atoms with Gasteiger partial charge < -0.3 is 5.32 Å². The van der Waals surface area contributed by atoms with Gasteiger partial charge in [-0.1, -0.05) is 35.9 Å². The third-order valence-corrected chi connectivity index (χ3v) is 7.09. The number of para-hydroxylation sites is 1. The SMILES string of the molecule is O=C(CCCc1nc2ccccc2s1)NCCN1C(=O)S/C(=C\c2ccc(Cl)cc2)C1=O. The van der Waals surface area contributed by atoms with Crippen molar-refractivity contribution in [2.75, 3.05) is 13.1 Å². The molecule has 32 heavy (non-hydrogen) atoms. The van der Waals surface area contributed by atoms with E-state index in [4.69, 9.17) is 11.6 Å². The second-order valence-electron chi connectivity index (χ2n) is 7.16. The Kier molecular flexibility index (Phi) is 7.24. The fourth-order valence-electron chi connectivity index (χ4n) is 3.23. The Morgan fingerprint density at radius 2 is 1.91 bits per heavy atom. The number of fused-ring (bicyclic) bond motifs is 1. The summed E-state index contributed by atoms with van der Waals surface area (Å²) in [7, 11) is 0. The molecule has 3 aromatic rings. The first-order valence-electron chi connectivity index (χ1n) is 10.1. The molecule has 0 unspecified atom stereocenters. The van der Waals surface area contributed by atoms with Gasteiger partial charge in [-0.15, -0.1) is 11.3 Å². The van der Waals surface area contributed by atoms with Gasteiger partial charge >= 0.3 is 0 Å². The molecule has 4 rings (SSSR count). The number of benzene rings is 2. The van der Waals surface area contributed by atoms with Crippen LogP contribution in [0.1, 0.15) is 23.4 Å². The molecule has 0 bridgehead atoms. The predicted octanol–water partition coefficient (Wildman–Crippen LogP) is 5.13. The standard InChI is InChI=1S/C23H20ClN3O3S2/c24-16-10-8-15(9-11-16)14-19-22(29)27(23(30)32-19)13-12-25-20(28)6-3-7-21-26-17-4-1-2-5-18(17)31-21/h1-2,4-5,8-11,14H,3,6-7,12-13H2,(H,25,28)/b19-14-. The second-order valence-corrected chi connectivity index (χ2v) is 9.71. The van der Waals surface area contributed by atoms with Crippen molar-refractivity contribution in [3.63, 3.8) is 0 Å². The smallest absolute Gasteiger partial charge is 0.293 e. The van der Waals surface area contributed by atoms with E-state index in [9.17, 15) is 14.4 Å². The van der Waals surface area contributed by atoms with Crippen molar-refractivity contribution in [1.82, 2.24) is 15.2 Å². The molecule has 1 aliphatic heterocycles. The maximum absolute atomic E-state index is 12.5. The molecule has 6 nitrogen and oxygen atoms in total. The molecule has 0 spiro atoms. The number of nitrogens with zero attached hydrogens (tertiary/aromatic N) is 2. The van der Waals surface area contributed by atoms with Crippen LogP contribution >= 0.6 is 34.7 Å². The number of hydrogen-bond donors (Lipinski definition) is 1. The van der Waals surface area contributed by atoms with Crippen LogP contribution in [0.3, 0.4) is 0 Å². The normalized spacial score (nSPS) is 15.2. The minimum atomic E-state index is -0.347. The number of hydrogen-bond acceptors (Lipinski definition) is 6. The Labute approximate surface area is 198 Å². The van der Waals surface area contributed by atoms with Gasteiger partial charge in [0.1, 0.15) is 0 Å². The third-order valence-electron chi connectivity index (χ3n) is 4.83. The Hall–Kier alpha value is -2.68. The van der Waals surface area contributed by atoms with Gasteiger partial charge in [0.2, 0.25) is 5.91 Å². The number of imide groups is 1. The lowest BCUT2D eigenvalue weighted by molar-refractivity contribution is -0.124. The zero-order valence-corrected chi connectivity index (χ0v) is 19.4. The minimum Gasteiger partial charge on any atom is -0.354 e. The van der Waals surface area contributed by atoms with E-state index in [0.717, 1.165) is 43.9 Å². The van der Waals surface area contributed by atoms with E-state index in [-0.39, 0.29) is 30.1 Å². The Morgan fingerprint density at radius 1 is 1.12 bits per heavy atom. The highest BCUT2D eigenvalue weighted by molar-refractivity contribution is 8.18. The highest BCUT2D eigenvalue weighted by atomic mass is 35.5. The van der Waals surface area contributed by atoms with Gasteiger partial charge in [0, 0.05) is 24.5 Å². The van der Waals surface area contributed by atoms with E-state index in [1.165, 1.54) is 0 Å². The van der Waals surface area contributed by atoms with Crippen molar-refractivity contribution < 1.29 is 14.4 Å². The van der Waals surface area contributed by atoms with Crippen LogP contribution in [0.5, 0.6) is 0 Å². The van der Waals surface area contributed by atoms with Crippen LogP contribution in [0, 0.1) is 0 Å². The van der Waals surface area contributed by atoms with Crippen molar-refractivity contribution in [3.05, 3.63) is 69.0 Å². The Bertz CT molecular complexity index is 1160. The van der Waals surface area contributed by atoms with Gasteiger partial charge in [-0.3, -0.25) is 19.3 Å². The number of thioether (sulfide) groups is 1. The number of nitrogens with one attached hydrogen (secondary N) is 1. The summed E-state index contributed by atoms with van der Waals surface area (Å²) in [5.41, 5.74) is 1.78. The molecule has 0 saturated carbocycles. The molecule has 2 aromatic carbocycles. The van der Waals surface area contributed by atoms with Crippen LogP contribution in [-0.4, -0.2) is 40.0 Å². The van der Waals surface area contributed by atoms with Crippen molar-refractivity contribution in [1.29, 1.82) is 0 Å². The molecule has 1 saturated heterocycles. The monoisotopic (exact) mass is 485 g/mol. The molecular formula is C23H20ClN3O3S2. The van der Waals surface area contributed by atoms with Gasteiger partial charge in [0.25, 0.3) is 11.1 Å². The number of carbonyl (C=O) groups excluding carboxylic acids is 3. The minimum absolute atomic E-state index is 0.102. The van der Waals surface area contributed by atoms with E-state index in [1.54, 1.807) is 41.7 Å². The van der Waals surface area contributed by atoms with Crippen LogP contribution in [-0.2, 0) is 16.0 Å². The maximum Gasteiger partial charge on any atom is 0.293 e. The van der Waals surface area contributed by atoms with E-state index in [1.807, 2.05) is 24.3 Å². The number of carbonyl (C=O) groups is 3. The number of aromatic nitrogens is 1. The molecule has 1 fully saturated rings. The average Bonchev–Trinajstić information content (AvgIpc) is 3.30. The van der Waals surface area contributed by atoms with Crippen molar-refractivity contribution in [2.45, 2.75) is 19.3 Å². The van der Waals surface area contributed by atoms with Gasteiger partial charge in [0.15, 0.2) is 0 Å². The topological polar surface area (TPSA) is 79.4 Å². The molecule has 3 amide bonds. The molecule has 2 heterocycles. The molecule has 0 aliphatic carbocycles. The van der Waals surface area contributed by atoms with Crippen molar-refractivity contribution >= 4 is 68.0 Å². The summed E-state index contributed by atoms with van der Waals surface area (Å²) in [5, 5.41) is 4.08. The number of rotatable bonds is 8. The summed E-state index contributed by atoms with van der Waals surface area (Å²) in [6.07, 6.45) is 3.47. The molecule has 1 aromatic heterocycles. The van der Waals surface area contributed by atoms with Crippen molar-refractivity contribution in [3.8, 4) is 0 Å². The van der Waals surface area contributed by atoms with Crippen LogP contribution in [0.4, 0.5) is 4.79 Å². The first-order valence-corrected chi connectivity index (χ1v) is 12.1. The third kappa shape index (κ3) is 5.56. The summed E-state index contributed by atoms with van der Waals surface area (Å²) >= 11 is 8.42. The zero-order valence-electron chi connectivity index (χ0n) is 17.0. The summed E-state index contributed by atoms with van der Waals surface area (Å²) < 4.78 is 1.15. The summed E-state index contributed by atoms with van der Waals surface area (Å²) in [4.78, 5) is 43.0. The quantitative estimate of drug-likeness (QED) is 0.448. The fourth-order valence-corrected chi connectivity index (χ4v) is 5.23. The molecule has 1 N–H and O–H groups in total. The van der Waals surface area contributed by atoms with Crippen LogP contribution in [0.15, 0.2) is 53.4 Å². The highest BCUT2D eigenvalue weighted by Gasteiger charge is 2.34. The lowest BCUT2D eigenvalue weighted by atomic mass is 10.2. The first kappa shape index (κ1) is 22.5. The lowest BCUT2D eigenvalue weighted by Crippen LogP contribution is -2.37. The van der Waals surface area contributed by atoms with Crippen LogP contribution in [0.25, 0.3) is 16.3 Å². The lowest BCUT2D eigenvalue weighted by Gasteiger charge is -2.12. The zero-order chi connectivity index (χ0) is 22.5. The molecule has 9 heteroatoms. The Balaban J connectivity index is 1.21. The first-order chi connectivity index (χ1) is 15.5. The number of halogens is 1. The number of aryl methyl sites for hydroxylation is 1. The van der Waals surface area contributed by atoms with Crippen LogP contribution in [0.2, 0.25) is 5.02 Å². The largest absolute Gasteiger partial charge is 0.354 e. The summed E-state index contributed by atoms with van der Waals surface area (Å²) in [6.45, 7) is 0.373. The van der Waals surface area contributed by atoms with E-state index >= 15 is 0 Å². The maximum atomic E-state index is 12.5. The van der Waals surface area contributed by atoms with Crippen molar-refractivity contribution in [2.24, 2.45) is 0 Å². The molecule has 1 aliphatic rings. The van der Waals surface area contributed by atoms with Crippen LogP contribution < -0.4 is 5.32 Å². The van der Waals surface area contributed by atoms with E-state index in [0.29, 0.717) is 22.8 Å².